The molecule has 0 radical (unpaired) electrons. The summed E-state index contributed by atoms with van der Waals surface area (Å²) in [7, 11) is 1.75. The predicted octanol–water partition coefficient (Wildman–Crippen LogP) is 9.87. The molecule has 72 heavy (non-hydrogen) atoms. The molecule has 5 aliphatic rings. The molecule has 6 heterocycles. The standard InChI is InChI=1S/C47H63N7O2.C6H9NO2.C2H4O.2C2H6/c1-33-6-7-38(29-45(33)56-5)32-52-26-24-51(25-27-52)31-37-15-20-54(21-16-37)47(55)41-10-8-39(9-11-41)40-17-22-53(23-18-40)36(4)34(2)28-44-35(3)49-19-14-43(44)42-12-13-46(48)50-30-42;1-4-2-3-5(8)7-6(4)9;1-2-3;2*1-2/h6-8,10,12-14,19,28-30,36-37,40H,9,11,15-18,20-27,31-32H2,1-5H3,(H2,48,50);4H,2-3H2,1H3,(H,7,8,9);2H,1H3;2*1-2H3/b34-28+;;;;. The van der Waals surface area contributed by atoms with E-state index in [9.17, 15) is 14.4 Å². The van der Waals surface area contributed by atoms with Gasteiger partial charge in [0, 0.05) is 106 Å². The number of rotatable bonds is 11. The third-order valence-corrected chi connectivity index (χ3v) is 14.7. The zero-order valence-corrected chi connectivity index (χ0v) is 45.8. The van der Waals surface area contributed by atoms with E-state index in [2.05, 4.69) is 105 Å². The first-order valence-electron chi connectivity index (χ1n) is 26.9. The second kappa shape index (κ2) is 30.5. The molecule has 0 bridgehead atoms. The lowest BCUT2D eigenvalue weighted by atomic mass is 9.82. The summed E-state index contributed by atoms with van der Waals surface area (Å²) < 4.78 is 5.54. The van der Waals surface area contributed by atoms with Crippen molar-refractivity contribution in [3.8, 4) is 16.9 Å². The van der Waals surface area contributed by atoms with E-state index >= 15 is 0 Å². The number of carbonyl (C=O) groups excluding carboxylic acids is 4. The highest BCUT2D eigenvalue weighted by Crippen LogP contribution is 2.35. The van der Waals surface area contributed by atoms with Gasteiger partial charge in [0.1, 0.15) is 17.9 Å². The van der Waals surface area contributed by atoms with Crippen LogP contribution in [0.15, 0.2) is 77.7 Å². The highest BCUT2D eigenvalue weighted by atomic mass is 16.5. The summed E-state index contributed by atoms with van der Waals surface area (Å²) in [6, 6.07) is 12.9. The molecule has 4 saturated heterocycles. The Kier molecular flexibility index (Phi) is 25.0. The minimum Gasteiger partial charge on any atom is -0.496 e. The smallest absolute Gasteiger partial charge is 0.249 e. The molecule has 394 valence electrons. The highest BCUT2D eigenvalue weighted by molar-refractivity contribution is 5.98. The fourth-order valence-electron chi connectivity index (χ4n) is 10.1. The van der Waals surface area contributed by atoms with Crippen molar-refractivity contribution in [1.29, 1.82) is 0 Å². The molecule has 8 rings (SSSR count). The van der Waals surface area contributed by atoms with Crippen LogP contribution in [0.2, 0.25) is 0 Å². The molecule has 13 heteroatoms. The first kappa shape index (κ1) is 59.1. The summed E-state index contributed by atoms with van der Waals surface area (Å²) in [6.45, 7) is 30.5. The number of aldehydes is 1. The summed E-state index contributed by atoms with van der Waals surface area (Å²) in [6.07, 6.45) is 18.9. The molecule has 0 saturated carbocycles. The van der Waals surface area contributed by atoms with Crippen molar-refractivity contribution in [2.45, 2.75) is 133 Å². The maximum atomic E-state index is 13.6. The molecule has 1 aliphatic carbocycles. The Morgan fingerprint density at radius 2 is 1.53 bits per heavy atom. The number of hydrogen-bond donors (Lipinski definition) is 2. The first-order chi connectivity index (χ1) is 34.8. The van der Waals surface area contributed by atoms with Gasteiger partial charge in [-0.1, -0.05) is 76.1 Å². The van der Waals surface area contributed by atoms with Crippen molar-refractivity contribution in [1.82, 2.24) is 34.9 Å². The third-order valence-electron chi connectivity index (χ3n) is 14.7. The van der Waals surface area contributed by atoms with E-state index in [-0.39, 0.29) is 23.6 Å². The molecule has 3 amide bonds. The number of piperazine rings is 1. The molecule has 3 aromatic rings. The van der Waals surface area contributed by atoms with E-state index in [1.54, 1.807) is 7.11 Å². The molecule has 0 spiro atoms. The van der Waals surface area contributed by atoms with Crippen molar-refractivity contribution in [2.24, 2.45) is 17.8 Å². The average molecular weight is 989 g/mol. The Hall–Kier alpha value is -5.50. The lowest BCUT2D eigenvalue weighted by Crippen LogP contribution is -2.48. The summed E-state index contributed by atoms with van der Waals surface area (Å²) in [5.41, 5.74) is 16.6. The zero-order valence-electron chi connectivity index (χ0n) is 45.8. The molecule has 13 nitrogen and oxygen atoms in total. The minimum atomic E-state index is -0.141. The number of benzene rings is 1. The number of pyridine rings is 2. The number of nitrogen functional groups attached to an aromatic ring is 1. The van der Waals surface area contributed by atoms with Crippen molar-refractivity contribution in [3.05, 3.63) is 100 Å². The van der Waals surface area contributed by atoms with E-state index in [1.165, 1.54) is 42.0 Å². The van der Waals surface area contributed by atoms with E-state index < -0.39 is 0 Å². The Morgan fingerprint density at radius 3 is 2.11 bits per heavy atom. The number of anilines is 1. The second-order valence-corrected chi connectivity index (χ2v) is 19.3. The van der Waals surface area contributed by atoms with Crippen LogP contribution in [0, 0.1) is 31.6 Å². The second-order valence-electron chi connectivity index (χ2n) is 19.3. The summed E-state index contributed by atoms with van der Waals surface area (Å²) in [5.74, 6) is 2.79. The summed E-state index contributed by atoms with van der Waals surface area (Å²) >= 11 is 0. The zero-order chi connectivity index (χ0) is 52.7. The SMILES string of the molecule is CC.CC.CC1CCC(=O)NC1=O.CC=O.COc1cc(CN2CCN(CC3CCN(C(=O)C4=CC=C(C5CCN(C(C)/C(C)=C/c6c(-c7ccc(N)nc7)ccnc6C)CC5)CC4)CC3)CC2)ccc1C. The van der Waals surface area contributed by atoms with Crippen LogP contribution in [-0.2, 0) is 25.7 Å². The highest BCUT2D eigenvalue weighted by Gasteiger charge is 2.30. The van der Waals surface area contributed by atoms with Gasteiger partial charge in [0.25, 0.3) is 0 Å². The number of ether oxygens (including phenoxy) is 1. The Bertz CT molecular complexity index is 2280. The number of aromatic nitrogens is 2. The first-order valence-corrected chi connectivity index (χ1v) is 26.9. The fourth-order valence-corrected chi connectivity index (χ4v) is 10.1. The predicted molar refractivity (Wildman–Crippen MR) is 294 cm³/mol. The number of aryl methyl sites for hydroxylation is 2. The van der Waals surface area contributed by atoms with E-state index in [0.717, 1.165) is 131 Å². The molecular weight excluding hydrogens is 901 g/mol. The molecule has 4 fully saturated rings. The Balaban J connectivity index is 0.000000611. The van der Waals surface area contributed by atoms with Crippen LogP contribution in [0.25, 0.3) is 17.2 Å². The van der Waals surface area contributed by atoms with Crippen LogP contribution < -0.4 is 15.8 Å². The number of allylic oxidation sites excluding steroid dienone is 3. The molecular formula is C59H88N8O5. The number of methoxy groups -OCH3 is 1. The van der Waals surface area contributed by atoms with Gasteiger partial charge in [0.05, 0.1) is 7.11 Å². The molecule has 4 aliphatic heterocycles. The minimum absolute atomic E-state index is 0.0164. The van der Waals surface area contributed by atoms with E-state index in [4.69, 9.17) is 15.3 Å². The van der Waals surface area contributed by atoms with Gasteiger partial charge in [-0.05, 0) is 145 Å². The van der Waals surface area contributed by atoms with Gasteiger partial charge >= 0.3 is 0 Å². The molecule has 3 N–H and O–H groups in total. The number of amides is 3. The maximum Gasteiger partial charge on any atom is 0.249 e. The number of nitrogens with two attached hydrogens (primary N) is 1. The van der Waals surface area contributed by atoms with Gasteiger partial charge in [0.2, 0.25) is 17.7 Å². The van der Waals surface area contributed by atoms with Gasteiger partial charge < -0.3 is 25.1 Å². The maximum absolute atomic E-state index is 13.6. The van der Waals surface area contributed by atoms with Crippen LogP contribution in [0.5, 0.6) is 5.75 Å². The Labute approximate surface area is 432 Å². The number of piperidine rings is 3. The lowest BCUT2D eigenvalue weighted by molar-refractivity contribution is -0.136. The van der Waals surface area contributed by atoms with Gasteiger partial charge in [-0.15, -0.1) is 0 Å². The molecule has 1 aromatic carbocycles. The van der Waals surface area contributed by atoms with Crippen molar-refractivity contribution in [3.63, 3.8) is 0 Å². The van der Waals surface area contributed by atoms with Gasteiger partial charge in [-0.3, -0.25) is 34.5 Å². The summed E-state index contributed by atoms with van der Waals surface area (Å²) in [5, 5.41) is 2.25. The number of likely N-dealkylation sites (tertiary alicyclic amines) is 2. The van der Waals surface area contributed by atoms with E-state index in [1.807, 2.05) is 59.1 Å². The number of carbonyl (C=O) groups is 4. The van der Waals surface area contributed by atoms with Crippen LogP contribution in [-0.4, -0.2) is 126 Å². The monoisotopic (exact) mass is 989 g/mol. The van der Waals surface area contributed by atoms with Gasteiger partial charge in [0.15, 0.2) is 0 Å². The number of nitrogens with zero attached hydrogens (tertiary/aromatic N) is 6. The topological polar surface area (TPSA) is 154 Å². The number of nitrogens with one attached hydrogen (secondary N) is 1. The lowest BCUT2D eigenvalue weighted by Gasteiger charge is -2.39. The molecule has 2 aromatic heterocycles. The summed E-state index contributed by atoms with van der Waals surface area (Å²) in [4.78, 5) is 62.5. The number of hydrogen-bond acceptors (Lipinski definition) is 11. The molecule has 2 unspecified atom stereocenters. The third kappa shape index (κ3) is 17.3. The normalized spacial score (nSPS) is 19.7. The van der Waals surface area contributed by atoms with Crippen LogP contribution >= 0.6 is 0 Å². The fraction of sp³-hybridized carbons (Fsp3) is 0.559. The van der Waals surface area contributed by atoms with Crippen LogP contribution in [0.4, 0.5) is 5.82 Å². The molecule has 2 atom stereocenters. The largest absolute Gasteiger partial charge is 0.496 e. The van der Waals surface area contributed by atoms with Crippen LogP contribution in [0.1, 0.15) is 129 Å². The van der Waals surface area contributed by atoms with Gasteiger partial charge in [-0.25, -0.2) is 4.98 Å². The Morgan fingerprint density at radius 1 is 0.861 bits per heavy atom. The average Bonchev–Trinajstić information content (AvgIpc) is 3.41. The van der Waals surface area contributed by atoms with Crippen molar-refractivity contribution >= 4 is 35.9 Å². The van der Waals surface area contributed by atoms with Crippen LogP contribution in [0.3, 0.4) is 0 Å². The van der Waals surface area contributed by atoms with Gasteiger partial charge in [-0.2, -0.15) is 0 Å². The number of imide groups is 1. The van der Waals surface area contributed by atoms with Crippen molar-refractivity contribution in [2.75, 3.05) is 71.7 Å². The van der Waals surface area contributed by atoms with E-state index in [0.29, 0.717) is 36.5 Å². The van der Waals surface area contributed by atoms with Crippen molar-refractivity contribution < 1.29 is 23.9 Å². The quantitative estimate of drug-likeness (QED) is 0.139.